The molecule has 0 unspecified atom stereocenters. The lowest BCUT2D eigenvalue weighted by Crippen LogP contribution is -2.30. The largest absolute Gasteiger partial charge is 0.451 e. The van der Waals surface area contributed by atoms with Crippen molar-refractivity contribution in [3.05, 3.63) is 63.5 Å². The molecule has 0 saturated carbocycles. The highest BCUT2D eigenvalue weighted by atomic mass is 32.2. The van der Waals surface area contributed by atoms with Gasteiger partial charge in [0.25, 0.3) is 11.6 Å². The molecule has 0 aliphatic carbocycles. The van der Waals surface area contributed by atoms with Crippen molar-refractivity contribution in [3.63, 3.8) is 0 Å². The number of sulfonamides is 1. The Kier molecular flexibility index (Phi) is 7.41. The molecule has 0 fully saturated rings. The number of nitrogens with one attached hydrogen (secondary N) is 1. The van der Waals surface area contributed by atoms with Crippen LogP contribution in [0.1, 0.15) is 23.5 Å². The van der Waals surface area contributed by atoms with Crippen molar-refractivity contribution in [2.75, 3.05) is 25.0 Å². The van der Waals surface area contributed by atoms with Gasteiger partial charge in [-0.2, -0.15) is 4.31 Å². The molecule has 1 N–H and O–H groups in total. The van der Waals surface area contributed by atoms with Crippen molar-refractivity contribution in [2.24, 2.45) is 0 Å². The molecule has 0 saturated heterocycles. The number of hydrogen-bond donors (Lipinski definition) is 1. The third kappa shape index (κ3) is 5.53. The van der Waals surface area contributed by atoms with Crippen molar-refractivity contribution >= 4 is 54.7 Å². The first kappa shape index (κ1) is 24.3. The summed E-state index contributed by atoms with van der Waals surface area (Å²) in [6, 6.07) is 11.5. The Labute approximate surface area is 194 Å². The topological polar surface area (TPSA) is 136 Å². The molecule has 0 spiro atoms. The predicted molar refractivity (Wildman–Crippen MR) is 124 cm³/mol. The van der Waals surface area contributed by atoms with Gasteiger partial charge in [-0.3, -0.25) is 14.9 Å². The van der Waals surface area contributed by atoms with E-state index in [-0.39, 0.29) is 21.1 Å². The number of non-ortho nitro benzene ring substituents is 1. The van der Waals surface area contributed by atoms with E-state index in [1.54, 1.807) is 19.9 Å². The highest BCUT2D eigenvalue weighted by Gasteiger charge is 2.22. The van der Waals surface area contributed by atoms with E-state index < -0.39 is 33.4 Å². The molecule has 3 aromatic rings. The van der Waals surface area contributed by atoms with Crippen molar-refractivity contribution in [2.45, 2.75) is 18.7 Å². The average molecular weight is 492 g/mol. The molecular weight excluding hydrogens is 470 g/mol. The average Bonchev–Trinajstić information content (AvgIpc) is 3.22. The maximum Gasteiger partial charge on any atom is 0.348 e. The molecule has 12 heteroatoms. The summed E-state index contributed by atoms with van der Waals surface area (Å²) in [5, 5.41) is 13.9. The Morgan fingerprint density at radius 3 is 2.52 bits per heavy atom. The van der Waals surface area contributed by atoms with E-state index >= 15 is 0 Å². The van der Waals surface area contributed by atoms with E-state index in [0.717, 1.165) is 11.3 Å². The quantitative estimate of drug-likeness (QED) is 0.274. The first-order valence-corrected chi connectivity index (χ1v) is 12.2. The molecular formula is C21H21N3O7S2. The van der Waals surface area contributed by atoms with Crippen LogP contribution in [0.2, 0.25) is 0 Å². The number of fused-ring (bicyclic) bond motifs is 1. The summed E-state index contributed by atoms with van der Waals surface area (Å²) in [6.07, 6.45) is 0. The first-order chi connectivity index (χ1) is 15.6. The molecule has 0 bridgehead atoms. The van der Waals surface area contributed by atoms with Gasteiger partial charge in [0.2, 0.25) is 10.0 Å². The minimum atomic E-state index is -3.69. The number of nitro groups is 1. The van der Waals surface area contributed by atoms with E-state index in [0.29, 0.717) is 23.2 Å². The number of rotatable bonds is 9. The minimum Gasteiger partial charge on any atom is -0.451 e. The summed E-state index contributed by atoms with van der Waals surface area (Å²) in [7, 11) is -3.69. The Morgan fingerprint density at radius 2 is 1.85 bits per heavy atom. The summed E-state index contributed by atoms with van der Waals surface area (Å²) in [4.78, 5) is 35.1. The summed E-state index contributed by atoms with van der Waals surface area (Å²) >= 11 is 1.09. The number of ether oxygens (including phenoxy) is 1. The zero-order valence-electron chi connectivity index (χ0n) is 17.8. The van der Waals surface area contributed by atoms with Gasteiger partial charge in [0.15, 0.2) is 6.61 Å². The third-order valence-electron chi connectivity index (χ3n) is 4.71. The maximum atomic E-state index is 12.6. The smallest absolute Gasteiger partial charge is 0.348 e. The summed E-state index contributed by atoms with van der Waals surface area (Å²) in [6.45, 7) is 3.52. The highest BCUT2D eigenvalue weighted by molar-refractivity contribution is 7.89. The molecule has 2 aromatic carbocycles. The number of nitrogens with zero attached hydrogens (tertiary/aromatic N) is 2. The van der Waals surface area contributed by atoms with Crippen LogP contribution >= 0.6 is 11.3 Å². The van der Waals surface area contributed by atoms with Gasteiger partial charge in [-0.1, -0.05) is 19.9 Å². The highest BCUT2D eigenvalue weighted by Crippen LogP contribution is 2.29. The normalized spacial score (nSPS) is 11.5. The molecule has 1 aromatic heterocycles. The van der Waals surface area contributed by atoms with Gasteiger partial charge in [-0.25, -0.2) is 13.2 Å². The fourth-order valence-electron chi connectivity index (χ4n) is 3.09. The van der Waals surface area contributed by atoms with Gasteiger partial charge in [0, 0.05) is 41.0 Å². The van der Waals surface area contributed by atoms with Crippen LogP contribution in [0, 0.1) is 10.1 Å². The van der Waals surface area contributed by atoms with Gasteiger partial charge in [-0.15, -0.1) is 11.3 Å². The number of amides is 1. The summed E-state index contributed by atoms with van der Waals surface area (Å²) in [5.41, 5.74) is 0.156. The molecule has 0 aliphatic rings. The molecule has 0 aliphatic heterocycles. The lowest BCUT2D eigenvalue weighted by molar-refractivity contribution is -0.384. The number of carbonyl (C=O) groups excluding carboxylic acids is 2. The third-order valence-corrected chi connectivity index (χ3v) is 7.85. The van der Waals surface area contributed by atoms with Crippen molar-refractivity contribution in [1.82, 2.24) is 4.31 Å². The molecule has 174 valence electrons. The lowest BCUT2D eigenvalue weighted by Gasteiger charge is -2.18. The first-order valence-electron chi connectivity index (χ1n) is 9.91. The maximum absolute atomic E-state index is 12.6. The number of anilines is 1. The van der Waals surface area contributed by atoms with Crippen LogP contribution in [-0.4, -0.2) is 49.2 Å². The SMILES string of the molecule is CCN(CC)S(=O)(=O)c1cccc(NC(=O)COC(=O)c2cc3cc([N+](=O)[O-])ccc3s2)c1. The van der Waals surface area contributed by atoms with Crippen LogP contribution in [-0.2, 0) is 19.6 Å². The lowest BCUT2D eigenvalue weighted by atomic mass is 10.2. The molecule has 0 atom stereocenters. The number of carbonyl (C=O) groups is 2. The standard InChI is InChI=1S/C21H21N3O7S2/c1-3-23(4-2)33(29,30)17-7-5-6-15(12-17)22-20(25)13-31-21(26)19-11-14-10-16(24(27)28)8-9-18(14)32-19/h5-12H,3-4,13H2,1-2H3,(H,22,25). The van der Waals surface area contributed by atoms with Crippen LogP contribution in [0.4, 0.5) is 11.4 Å². The van der Waals surface area contributed by atoms with Gasteiger partial charge < -0.3 is 10.1 Å². The zero-order valence-corrected chi connectivity index (χ0v) is 19.4. The summed E-state index contributed by atoms with van der Waals surface area (Å²) in [5.74, 6) is -1.38. The Morgan fingerprint density at radius 1 is 1.12 bits per heavy atom. The van der Waals surface area contributed by atoms with Crippen LogP contribution in [0.25, 0.3) is 10.1 Å². The van der Waals surface area contributed by atoms with Crippen LogP contribution in [0.3, 0.4) is 0 Å². The molecule has 1 amide bonds. The van der Waals surface area contributed by atoms with Crippen molar-refractivity contribution in [3.8, 4) is 0 Å². The summed E-state index contributed by atoms with van der Waals surface area (Å²) < 4.78 is 32.3. The predicted octanol–water partition coefficient (Wildman–Crippen LogP) is 3.64. The van der Waals surface area contributed by atoms with Crippen LogP contribution < -0.4 is 5.32 Å². The molecule has 33 heavy (non-hydrogen) atoms. The Hall–Kier alpha value is -3.35. The van der Waals surface area contributed by atoms with Gasteiger partial charge >= 0.3 is 5.97 Å². The van der Waals surface area contributed by atoms with E-state index in [9.17, 15) is 28.1 Å². The second kappa shape index (κ2) is 10.1. The van der Waals surface area contributed by atoms with Crippen LogP contribution in [0.5, 0.6) is 0 Å². The fraction of sp³-hybridized carbons (Fsp3) is 0.238. The monoisotopic (exact) mass is 491 g/mol. The number of esters is 1. The van der Waals surface area contributed by atoms with E-state index in [4.69, 9.17) is 4.74 Å². The minimum absolute atomic E-state index is 0.0420. The van der Waals surface area contributed by atoms with Crippen molar-refractivity contribution < 1.29 is 27.7 Å². The van der Waals surface area contributed by atoms with E-state index in [1.807, 2.05) is 0 Å². The second-order valence-corrected chi connectivity index (χ2v) is 9.85. The number of thiophene rings is 1. The molecule has 10 nitrogen and oxygen atoms in total. The Balaban J connectivity index is 1.64. The van der Waals surface area contributed by atoms with Gasteiger partial charge in [-0.05, 0) is 30.3 Å². The van der Waals surface area contributed by atoms with E-state index in [1.165, 1.54) is 46.8 Å². The fourth-order valence-corrected chi connectivity index (χ4v) is 5.53. The number of benzene rings is 2. The van der Waals surface area contributed by atoms with Crippen LogP contribution in [0.15, 0.2) is 53.4 Å². The van der Waals surface area contributed by atoms with Gasteiger partial charge in [0.05, 0.1) is 9.82 Å². The molecule has 3 rings (SSSR count). The molecule has 1 heterocycles. The number of hydrogen-bond acceptors (Lipinski definition) is 8. The second-order valence-electron chi connectivity index (χ2n) is 6.83. The van der Waals surface area contributed by atoms with Gasteiger partial charge in [0.1, 0.15) is 4.88 Å². The zero-order chi connectivity index (χ0) is 24.2. The molecule has 0 radical (unpaired) electrons. The Bertz CT molecular complexity index is 1310. The van der Waals surface area contributed by atoms with E-state index in [2.05, 4.69) is 5.32 Å². The number of nitro benzene ring substituents is 1. The van der Waals surface area contributed by atoms with Crippen molar-refractivity contribution in [1.29, 1.82) is 0 Å².